The van der Waals surface area contributed by atoms with Gasteiger partial charge in [0.2, 0.25) is 5.91 Å². The van der Waals surface area contributed by atoms with E-state index >= 15 is 0 Å². The fourth-order valence-corrected chi connectivity index (χ4v) is 2.06. The molecule has 18 heavy (non-hydrogen) atoms. The summed E-state index contributed by atoms with van der Waals surface area (Å²) in [6.45, 7) is 1.61. The number of hydrogen-bond acceptors (Lipinski definition) is 4. The van der Waals surface area contributed by atoms with Gasteiger partial charge in [-0.05, 0) is 24.1 Å². The molecule has 1 aliphatic rings. The van der Waals surface area contributed by atoms with E-state index in [1.54, 1.807) is 17.3 Å². The predicted molar refractivity (Wildman–Crippen MR) is 67.9 cm³/mol. The van der Waals surface area contributed by atoms with Crippen molar-refractivity contribution < 1.29 is 9.53 Å². The minimum absolute atomic E-state index is 0.0778. The smallest absolute Gasteiger partial charge is 0.229 e. The van der Waals surface area contributed by atoms with E-state index in [2.05, 4.69) is 4.98 Å². The molecule has 2 unspecified atom stereocenters. The van der Waals surface area contributed by atoms with Gasteiger partial charge in [0.05, 0.1) is 19.1 Å². The fraction of sp³-hybridized carbons (Fsp3) is 0.538. The Balaban J connectivity index is 1.84. The molecule has 1 aromatic rings. The highest BCUT2D eigenvalue weighted by molar-refractivity contribution is 5.79. The van der Waals surface area contributed by atoms with Gasteiger partial charge in [0.25, 0.3) is 0 Å². The normalized spacial score (nSPS) is 23.0. The molecule has 0 aliphatic carbocycles. The summed E-state index contributed by atoms with van der Waals surface area (Å²) >= 11 is 0. The summed E-state index contributed by atoms with van der Waals surface area (Å²) in [6, 6.07) is 3.76. The van der Waals surface area contributed by atoms with Crippen LogP contribution in [0.15, 0.2) is 24.5 Å². The zero-order valence-corrected chi connectivity index (χ0v) is 10.6. The zero-order chi connectivity index (χ0) is 13.0. The lowest BCUT2D eigenvalue weighted by atomic mass is 10.0. The largest absolute Gasteiger partial charge is 0.379 e. The molecule has 2 heterocycles. The number of ether oxygens (including phenoxy) is 1. The van der Waals surface area contributed by atoms with Crippen LogP contribution in [0, 0.1) is 5.92 Å². The summed E-state index contributed by atoms with van der Waals surface area (Å²) in [5.74, 6) is -0.110. The van der Waals surface area contributed by atoms with Crippen molar-refractivity contribution >= 4 is 5.91 Å². The summed E-state index contributed by atoms with van der Waals surface area (Å²) in [5, 5.41) is 0. The third kappa shape index (κ3) is 3.05. The van der Waals surface area contributed by atoms with Gasteiger partial charge in [-0.1, -0.05) is 0 Å². The molecule has 0 spiro atoms. The first-order valence-corrected chi connectivity index (χ1v) is 6.15. The maximum atomic E-state index is 12.1. The lowest BCUT2D eigenvalue weighted by Gasteiger charge is -2.22. The van der Waals surface area contributed by atoms with Crippen LogP contribution < -0.4 is 5.73 Å². The monoisotopic (exact) mass is 249 g/mol. The van der Waals surface area contributed by atoms with Crippen LogP contribution in [-0.4, -0.2) is 48.6 Å². The third-order valence-electron chi connectivity index (χ3n) is 3.30. The first-order chi connectivity index (χ1) is 8.68. The van der Waals surface area contributed by atoms with Crippen LogP contribution in [0.3, 0.4) is 0 Å². The lowest BCUT2D eigenvalue weighted by molar-refractivity contribution is -0.134. The number of nitrogens with zero attached hydrogens (tertiary/aromatic N) is 2. The van der Waals surface area contributed by atoms with E-state index in [9.17, 15) is 4.79 Å². The molecule has 1 aromatic heterocycles. The van der Waals surface area contributed by atoms with Crippen LogP contribution in [0.5, 0.6) is 0 Å². The summed E-state index contributed by atoms with van der Waals surface area (Å²) in [6.07, 6.45) is 4.35. The molecule has 0 bridgehead atoms. The number of carbonyl (C=O) groups excluding carboxylic acids is 1. The van der Waals surface area contributed by atoms with Crippen molar-refractivity contribution in [3.8, 4) is 0 Å². The number of likely N-dealkylation sites (N-methyl/N-ethyl adjacent to an activating group) is 1. The summed E-state index contributed by atoms with van der Waals surface area (Å²) < 4.78 is 5.22. The molecule has 5 nitrogen and oxygen atoms in total. The number of amides is 1. The van der Waals surface area contributed by atoms with Crippen LogP contribution in [0.25, 0.3) is 0 Å². The Kier molecular flexibility index (Phi) is 4.28. The lowest BCUT2D eigenvalue weighted by Crippen LogP contribution is -2.42. The van der Waals surface area contributed by atoms with Crippen LogP contribution in [0.4, 0.5) is 0 Å². The molecule has 5 heteroatoms. The average Bonchev–Trinajstić information content (AvgIpc) is 2.82. The highest BCUT2D eigenvalue weighted by atomic mass is 16.5. The molecule has 0 saturated carbocycles. The molecular weight excluding hydrogens is 230 g/mol. The summed E-state index contributed by atoms with van der Waals surface area (Å²) in [7, 11) is 1.81. The summed E-state index contributed by atoms with van der Waals surface area (Å²) in [5.41, 5.74) is 7.02. The van der Waals surface area contributed by atoms with E-state index in [1.807, 2.05) is 19.2 Å². The topological polar surface area (TPSA) is 68.5 Å². The van der Waals surface area contributed by atoms with Gasteiger partial charge in [-0.2, -0.15) is 0 Å². The van der Waals surface area contributed by atoms with Crippen LogP contribution in [0.1, 0.15) is 5.56 Å². The SMILES string of the molecule is CN(CCc1ccncc1)C(=O)C1COCC1N. The van der Waals surface area contributed by atoms with Gasteiger partial charge in [-0.3, -0.25) is 9.78 Å². The Morgan fingerprint density at radius 1 is 1.50 bits per heavy atom. The standard InChI is InChI=1S/C13H19N3O2/c1-16(7-4-10-2-5-15-6-3-10)13(17)11-8-18-9-12(11)14/h2-3,5-6,11-12H,4,7-9,14H2,1H3. The molecular formula is C13H19N3O2. The van der Waals surface area contributed by atoms with Crippen molar-refractivity contribution in [1.29, 1.82) is 0 Å². The van der Waals surface area contributed by atoms with Gasteiger partial charge in [0.1, 0.15) is 0 Å². The van der Waals surface area contributed by atoms with E-state index in [4.69, 9.17) is 10.5 Å². The second kappa shape index (κ2) is 5.93. The van der Waals surface area contributed by atoms with Gasteiger partial charge < -0.3 is 15.4 Å². The quantitative estimate of drug-likeness (QED) is 0.819. The van der Waals surface area contributed by atoms with Crippen molar-refractivity contribution in [3.05, 3.63) is 30.1 Å². The van der Waals surface area contributed by atoms with Gasteiger partial charge in [0.15, 0.2) is 0 Å². The highest BCUT2D eigenvalue weighted by Crippen LogP contribution is 2.14. The molecule has 1 fully saturated rings. The predicted octanol–water partition coefficient (Wildman–Crippen LogP) is 0.0562. The van der Waals surface area contributed by atoms with E-state index in [0.717, 1.165) is 6.42 Å². The first-order valence-electron chi connectivity index (χ1n) is 6.15. The Labute approximate surface area is 107 Å². The Morgan fingerprint density at radius 3 is 2.83 bits per heavy atom. The van der Waals surface area contributed by atoms with Gasteiger partial charge >= 0.3 is 0 Å². The van der Waals surface area contributed by atoms with Gasteiger partial charge in [0, 0.05) is 32.0 Å². The van der Waals surface area contributed by atoms with Gasteiger partial charge in [-0.25, -0.2) is 0 Å². The number of pyridine rings is 1. The third-order valence-corrected chi connectivity index (χ3v) is 3.30. The molecule has 1 amide bonds. The van der Waals surface area contributed by atoms with E-state index in [0.29, 0.717) is 19.8 Å². The molecule has 1 aliphatic heterocycles. The summed E-state index contributed by atoms with van der Waals surface area (Å²) in [4.78, 5) is 17.8. The zero-order valence-electron chi connectivity index (χ0n) is 10.6. The molecule has 98 valence electrons. The molecule has 0 radical (unpaired) electrons. The number of nitrogens with two attached hydrogens (primary N) is 1. The maximum absolute atomic E-state index is 12.1. The molecule has 2 rings (SSSR count). The minimum Gasteiger partial charge on any atom is -0.379 e. The van der Waals surface area contributed by atoms with Crippen molar-refractivity contribution in [2.45, 2.75) is 12.5 Å². The Bertz CT molecular complexity index is 396. The van der Waals surface area contributed by atoms with Crippen LogP contribution in [-0.2, 0) is 16.0 Å². The second-order valence-electron chi connectivity index (χ2n) is 4.67. The Morgan fingerprint density at radius 2 is 2.22 bits per heavy atom. The van der Waals surface area contributed by atoms with Crippen molar-refractivity contribution in [3.63, 3.8) is 0 Å². The van der Waals surface area contributed by atoms with Gasteiger partial charge in [-0.15, -0.1) is 0 Å². The van der Waals surface area contributed by atoms with Crippen molar-refractivity contribution in [2.75, 3.05) is 26.8 Å². The number of rotatable bonds is 4. The van der Waals surface area contributed by atoms with Crippen LogP contribution >= 0.6 is 0 Å². The fourth-order valence-electron chi connectivity index (χ4n) is 2.06. The molecule has 2 N–H and O–H groups in total. The Hall–Kier alpha value is -1.46. The number of aromatic nitrogens is 1. The number of carbonyl (C=O) groups is 1. The first kappa shape index (κ1) is 13.0. The maximum Gasteiger partial charge on any atom is 0.229 e. The minimum atomic E-state index is -0.188. The van der Waals surface area contributed by atoms with E-state index in [-0.39, 0.29) is 17.9 Å². The molecule has 2 atom stereocenters. The van der Waals surface area contributed by atoms with E-state index < -0.39 is 0 Å². The highest BCUT2D eigenvalue weighted by Gasteiger charge is 2.32. The molecule has 1 saturated heterocycles. The van der Waals surface area contributed by atoms with Crippen LogP contribution in [0.2, 0.25) is 0 Å². The van der Waals surface area contributed by atoms with Crippen molar-refractivity contribution in [2.24, 2.45) is 11.7 Å². The second-order valence-corrected chi connectivity index (χ2v) is 4.67. The average molecular weight is 249 g/mol. The van der Waals surface area contributed by atoms with Crippen molar-refractivity contribution in [1.82, 2.24) is 9.88 Å². The number of hydrogen-bond donors (Lipinski definition) is 1. The van der Waals surface area contributed by atoms with E-state index in [1.165, 1.54) is 5.56 Å². The molecule has 0 aromatic carbocycles.